The van der Waals surface area contributed by atoms with Gasteiger partial charge in [0.1, 0.15) is 5.41 Å². The molecule has 0 bridgehead atoms. The molecule has 0 heterocycles. The van der Waals surface area contributed by atoms with E-state index in [1.807, 2.05) is 6.08 Å². The van der Waals surface area contributed by atoms with Gasteiger partial charge >= 0.3 is 0 Å². The highest BCUT2D eigenvalue weighted by molar-refractivity contribution is 6.03. The molecule has 2 fully saturated rings. The number of allylic oxidation sites excluding steroid dienone is 4. The number of nitrogens with zero attached hydrogens (tertiary/aromatic N) is 1. The highest BCUT2D eigenvalue weighted by Gasteiger charge is 2.57. The summed E-state index contributed by atoms with van der Waals surface area (Å²) in [5.41, 5.74) is 6.17. The third-order valence-electron chi connectivity index (χ3n) is 9.59. The predicted molar refractivity (Wildman–Crippen MR) is 127 cm³/mol. The minimum atomic E-state index is -0.580. The molecule has 0 aromatic heterocycles. The fraction of sp³-hybridized carbons (Fsp3) is 0.552. The van der Waals surface area contributed by atoms with E-state index in [9.17, 15) is 9.90 Å². The van der Waals surface area contributed by atoms with E-state index < -0.39 is 5.41 Å². The number of rotatable bonds is 2. The summed E-state index contributed by atoms with van der Waals surface area (Å²) in [4.78, 5) is 15.5. The number of aliphatic hydroxyl groups is 1. The van der Waals surface area contributed by atoms with Crippen molar-refractivity contribution in [2.24, 2.45) is 22.7 Å². The molecule has 0 saturated heterocycles. The molecule has 5 aliphatic carbocycles. The average molecular weight is 428 g/mol. The zero-order valence-corrected chi connectivity index (χ0v) is 19.4. The summed E-state index contributed by atoms with van der Waals surface area (Å²) < 4.78 is 0. The van der Waals surface area contributed by atoms with Gasteiger partial charge in [-0.3, -0.25) is 4.79 Å². The van der Waals surface area contributed by atoms with E-state index in [4.69, 9.17) is 0 Å². The molecular weight excluding hydrogens is 394 g/mol. The first-order chi connectivity index (χ1) is 15.3. The average Bonchev–Trinajstić information content (AvgIpc) is 3.06. The molecule has 3 nitrogen and oxygen atoms in total. The molecule has 2 saturated carbocycles. The Kier molecular flexibility index (Phi) is 4.34. The molecule has 1 N–H and O–H groups in total. The van der Waals surface area contributed by atoms with Gasteiger partial charge in [0.25, 0.3) is 0 Å². The minimum Gasteiger partial charge on any atom is -0.393 e. The third kappa shape index (κ3) is 2.57. The smallest absolute Gasteiger partial charge is 0.175 e. The number of ketones is 1. The molecule has 0 radical (unpaired) electrons. The van der Waals surface area contributed by atoms with Crippen LogP contribution in [0.2, 0.25) is 0 Å². The van der Waals surface area contributed by atoms with Crippen molar-refractivity contribution in [1.29, 1.82) is 0 Å². The SMILES string of the molecule is CN(C)c1ccc([C@H]2C3=C4CC[C@]5(C)[C@@H](O)CC[C@H]5[C@@H]4CCC3=CC(=O)C23C#CC3)cc1. The second-order valence-corrected chi connectivity index (χ2v) is 11.2. The van der Waals surface area contributed by atoms with Crippen LogP contribution in [-0.4, -0.2) is 31.1 Å². The lowest BCUT2D eigenvalue weighted by molar-refractivity contribution is -0.122. The molecule has 32 heavy (non-hydrogen) atoms. The summed E-state index contributed by atoms with van der Waals surface area (Å²) >= 11 is 0. The molecule has 6 atom stereocenters. The molecule has 6 rings (SSSR count). The van der Waals surface area contributed by atoms with Crippen LogP contribution in [0.25, 0.3) is 0 Å². The first-order valence-corrected chi connectivity index (χ1v) is 12.3. The van der Waals surface area contributed by atoms with Gasteiger partial charge in [-0.1, -0.05) is 30.6 Å². The van der Waals surface area contributed by atoms with Crippen LogP contribution in [0.15, 0.2) is 47.1 Å². The second kappa shape index (κ2) is 6.84. The Hall–Kier alpha value is -2.31. The van der Waals surface area contributed by atoms with Crippen LogP contribution in [0.5, 0.6) is 0 Å². The molecule has 5 aliphatic rings. The quantitative estimate of drug-likeness (QED) is 0.674. The summed E-state index contributed by atoms with van der Waals surface area (Å²) in [6.45, 7) is 2.32. The van der Waals surface area contributed by atoms with E-state index in [-0.39, 0.29) is 23.2 Å². The van der Waals surface area contributed by atoms with E-state index >= 15 is 0 Å². The van der Waals surface area contributed by atoms with Gasteiger partial charge in [-0.2, -0.15) is 0 Å². The van der Waals surface area contributed by atoms with Crippen LogP contribution in [0.1, 0.15) is 63.4 Å². The molecule has 1 unspecified atom stereocenters. The lowest BCUT2D eigenvalue weighted by Gasteiger charge is -2.51. The number of benzene rings is 1. The lowest BCUT2D eigenvalue weighted by Crippen LogP contribution is -2.46. The maximum absolute atomic E-state index is 13.4. The molecule has 0 amide bonds. The predicted octanol–water partition coefficient (Wildman–Crippen LogP) is 5.02. The van der Waals surface area contributed by atoms with Crippen LogP contribution >= 0.6 is 0 Å². The van der Waals surface area contributed by atoms with Gasteiger partial charge in [0.2, 0.25) is 0 Å². The second-order valence-electron chi connectivity index (χ2n) is 11.2. The summed E-state index contributed by atoms with van der Waals surface area (Å²) in [6.07, 6.45) is 8.72. The van der Waals surface area contributed by atoms with Crippen molar-refractivity contribution < 1.29 is 9.90 Å². The summed E-state index contributed by atoms with van der Waals surface area (Å²) in [7, 11) is 4.12. The van der Waals surface area contributed by atoms with Crippen molar-refractivity contribution in [3.05, 3.63) is 52.6 Å². The van der Waals surface area contributed by atoms with Gasteiger partial charge in [-0.25, -0.2) is 0 Å². The van der Waals surface area contributed by atoms with Gasteiger partial charge in [-0.15, -0.1) is 5.92 Å². The molecule has 1 aromatic carbocycles. The van der Waals surface area contributed by atoms with Crippen molar-refractivity contribution in [2.45, 2.75) is 63.9 Å². The van der Waals surface area contributed by atoms with Gasteiger partial charge in [0.15, 0.2) is 5.78 Å². The van der Waals surface area contributed by atoms with E-state index in [2.05, 4.69) is 62.0 Å². The number of carbonyl (C=O) groups excluding carboxylic acids is 1. The zero-order valence-electron chi connectivity index (χ0n) is 19.4. The Morgan fingerprint density at radius 3 is 2.50 bits per heavy atom. The highest BCUT2D eigenvalue weighted by Crippen LogP contribution is 2.63. The maximum Gasteiger partial charge on any atom is 0.175 e. The van der Waals surface area contributed by atoms with Gasteiger partial charge in [0, 0.05) is 32.1 Å². The van der Waals surface area contributed by atoms with E-state index in [0.29, 0.717) is 18.3 Å². The molecule has 1 spiro atoms. The number of aliphatic hydroxyl groups excluding tert-OH is 1. The number of hydrogen-bond acceptors (Lipinski definition) is 3. The summed E-state index contributed by atoms with van der Waals surface area (Å²) in [5.74, 6) is 7.90. The molecule has 0 aliphatic heterocycles. The number of hydrogen-bond donors (Lipinski definition) is 1. The van der Waals surface area contributed by atoms with Crippen LogP contribution in [0.4, 0.5) is 5.69 Å². The van der Waals surface area contributed by atoms with Crippen molar-refractivity contribution >= 4 is 11.5 Å². The molecular formula is C29H33NO2. The Bertz CT molecular complexity index is 1110. The Morgan fingerprint density at radius 1 is 1.09 bits per heavy atom. The molecule has 166 valence electrons. The van der Waals surface area contributed by atoms with Gasteiger partial charge in [0.05, 0.1) is 6.10 Å². The van der Waals surface area contributed by atoms with Crippen LogP contribution in [0, 0.1) is 34.5 Å². The first kappa shape index (κ1) is 20.3. The van der Waals surface area contributed by atoms with E-state index in [1.54, 1.807) is 5.57 Å². The number of anilines is 1. The highest BCUT2D eigenvalue weighted by atomic mass is 16.3. The number of fused-ring (bicyclic) bond motifs is 4. The first-order valence-electron chi connectivity index (χ1n) is 12.3. The van der Waals surface area contributed by atoms with Gasteiger partial charge in [-0.05, 0) is 90.7 Å². The largest absolute Gasteiger partial charge is 0.393 e. The Morgan fingerprint density at radius 2 is 1.84 bits per heavy atom. The van der Waals surface area contributed by atoms with Crippen LogP contribution < -0.4 is 4.90 Å². The lowest BCUT2D eigenvalue weighted by atomic mass is 9.51. The van der Waals surface area contributed by atoms with Crippen molar-refractivity contribution in [1.82, 2.24) is 0 Å². The molecule has 3 heteroatoms. The van der Waals surface area contributed by atoms with E-state index in [1.165, 1.54) is 22.4 Å². The molecule has 1 aromatic rings. The fourth-order valence-electron chi connectivity index (χ4n) is 7.67. The fourth-order valence-corrected chi connectivity index (χ4v) is 7.67. The Labute approximate surface area is 191 Å². The van der Waals surface area contributed by atoms with Crippen LogP contribution in [-0.2, 0) is 4.79 Å². The van der Waals surface area contributed by atoms with Crippen LogP contribution in [0.3, 0.4) is 0 Å². The monoisotopic (exact) mass is 427 g/mol. The zero-order chi connectivity index (χ0) is 22.3. The Balaban J connectivity index is 1.52. The van der Waals surface area contributed by atoms with Crippen molar-refractivity contribution in [3.8, 4) is 11.8 Å². The van der Waals surface area contributed by atoms with Crippen molar-refractivity contribution in [3.63, 3.8) is 0 Å². The maximum atomic E-state index is 13.4. The standard InChI is InChI=1S/C29H33NO2/c1-28-16-13-22-21(23(28)11-12-24(28)31)10-7-19-17-25(32)29(14-4-15-29)27(26(19)22)18-5-8-20(9-6-18)30(2)3/h5-6,8-9,17,21,23-24,27,31H,7,10-14,16H2,1-3H3/t21-,23+,24+,27+,28+,29?/m1/s1. The van der Waals surface area contributed by atoms with Crippen molar-refractivity contribution in [2.75, 3.05) is 19.0 Å². The van der Waals surface area contributed by atoms with Gasteiger partial charge < -0.3 is 10.0 Å². The summed E-state index contributed by atoms with van der Waals surface area (Å²) in [5, 5.41) is 10.8. The third-order valence-corrected chi connectivity index (χ3v) is 9.59. The topological polar surface area (TPSA) is 40.5 Å². The number of carbonyl (C=O) groups is 1. The normalized spacial score (nSPS) is 39.4. The summed E-state index contributed by atoms with van der Waals surface area (Å²) in [6, 6.07) is 8.80. The van der Waals surface area contributed by atoms with E-state index in [0.717, 1.165) is 38.5 Å². The minimum absolute atomic E-state index is 0.0425.